The van der Waals surface area contributed by atoms with Crippen LogP contribution in [-0.4, -0.2) is 48.0 Å². The molecule has 204 valence electrons. The van der Waals surface area contributed by atoms with Gasteiger partial charge in [0.05, 0.1) is 32.9 Å². The quantitative estimate of drug-likeness (QED) is 0.250. The van der Waals surface area contributed by atoms with E-state index in [1.54, 1.807) is 36.7 Å². The van der Waals surface area contributed by atoms with E-state index in [0.29, 0.717) is 28.4 Å². The maximum absolute atomic E-state index is 13.6. The van der Waals surface area contributed by atoms with Gasteiger partial charge in [0.2, 0.25) is 5.75 Å². The number of amides is 1. The van der Waals surface area contributed by atoms with Crippen molar-refractivity contribution in [2.75, 3.05) is 21.3 Å². The molecule has 1 atom stereocenters. The molecule has 1 amide bonds. The second-order valence-corrected chi connectivity index (χ2v) is 10.5. The molecule has 0 spiro atoms. The first-order chi connectivity index (χ1) is 18.5. The average Bonchev–Trinajstić information content (AvgIpc) is 3.16. The molecule has 8 nitrogen and oxygen atoms in total. The fourth-order valence-corrected chi connectivity index (χ4v) is 4.82. The van der Waals surface area contributed by atoms with Crippen LogP contribution < -0.4 is 14.2 Å². The van der Waals surface area contributed by atoms with E-state index in [2.05, 4.69) is 25.8 Å². The topological polar surface area (TPSA) is 98.2 Å². The van der Waals surface area contributed by atoms with E-state index >= 15 is 0 Å². The first kappa shape index (κ1) is 27.7. The first-order valence-electron chi connectivity index (χ1n) is 12.6. The summed E-state index contributed by atoms with van der Waals surface area (Å²) in [6.07, 6.45) is 3.25. The van der Waals surface area contributed by atoms with Crippen LogP contribution in [0.25, 0.3) is 5.76 Å². The fourth-order valence-electron chi connectivity index (χ4n) is 4.82. The Morgan fingerprint density at radius 3 is 2.10 bits per heavy atom. The third-order valence-corrected chi connectivity index (χ3v) is 7.00. The van der Waals surface area contributed by atoms with Crippen LogP contribution in [0.4, 0.5) is 0 Å². The molecule has 39 heavy (non-hydrogen) atoms. The molecule has 1 aromatic heterocycles. The zero-order valence-electron chi connectivity index (χ0n) is 23.4. The van der Waals surface area contributed by atoms with Crippen molar-refractivity contribution in [3.05, 3.63) is 88.2 Å². The highest BCUT2D eigenvalue weighted by molar-refractivity contribution is 6.46. The van der Waals surface area contributed by atoms with Crippen LogP contribution in [0.15, 0.2) is 60.4 Å². The van der Waals surface area contributed by atoms with E-state index in [4.69, 9.17) is 14.2 Å². The molecule has 1 N–H and O–H groups in total. The van der Waals surface area contributed by atoms with E-state index in [1.165, 1.54) is 26.2 Å². The standard InChI is InChI=1S/C31H34N2O6/c1-18-8-9-21(31(2,3)4)16-22(18)27(34)25-26(20-14-23(37-5)29(39-7)24(15-20)38-6)33(30(36)28(25)35)17-19-10-12-32-13-11-19/h8-16,26,34H,17H2,1-7H3/b27-25+. The number of aryl methyl sites for hydroxylation is 1. The Morgan fingerprint density at radius 2 is 1.56 bits per heavy atom. The summed E-state index contributed by atoms with van der Waals surface area (Å²) in [6.45, 7) is 8.22. The first-order valence-corrected chi connectivity index (χ1v) is 12.6. The molecule has 4 rings (SSSR count). The zero-order valence-corrected chi connectivity index (χ0v) is 23.4. The molecule has 1 aliphatic heterocycles. The number of hydrogen-bond donors (Lipinski definition) is 1. The SMILES string of the molecule is COc1cc(C2/C(=C(\O)c3cc(C(C)(C)C)ccc3C)C(=O)C(=O)N2Cc2ccncc2)cc(OC)c1OC. The molecule has 0 aliphatic carbocycles. The van der Waals surface area contributed by atoms with Crippen molar-refractivity contribution in [2.45, 2.75) is 45.7 Å². The Kier molecular flexibility index (Phi) is 7.67. The number of hydrogen-bond acceptors (Lipinski definition) is 7. The lowest BCUT2D eigenvalue weighted by molar-refractivity contribution is -0.140. The van der Waals surface area contributed by atoms with Gasteiger partial charge in [0.25, 0.3) is 11.7 Å². The summed E-state index contributed by atoms with van der Waals surface area (Å²) in [5.74, 6) is -0.589. The van der Waals surface area contributed by atoms with Crippen molar-refractivity contribution in [1.29, 1.82) is 0 Å². The molecule has 3 aromatic rings. The monoisotopic (exact) mass is 530 g/mol. The van der Waals surface area contributed by atoms with Crippen molar-refractivity contribution < 1.29 is 28.9 Å². The molecule has 2 aromatic carbocycles. The van der Waals surface area contributed by atoms with Crippen molar-refractivity contribution in [3.8, 4) is 17.2 Å². The van der Waals surface area contributed by atoms with Crippen LogP contribution in [0, 0.1) is 6.92 Å². The Labute approximate surface area is 228 Å². The number of carbonyl (C=O) groups excluding carboxylic acids is 2. The van der Waals surface area contributed by atoms with Crippen LogP contribution in [0.1, 0.15) is 54.6 Å². The largest absolute Gasteiger partial charge is 0.507 e. The maximum atomic E-state index is 13.6. The van der Waals surface area contributed by atoms with Gasteiger partial charge in [-0.15, -0.1) is 0 Å². The lowest BCUT2D eigenvalue weighted by atomic mass is 9.84. The number of benzene rings is 2. The highest BCUT2D eigenvalue weighted by Crippen LogP contribution is 2.46. The summed E-state index contributed by atoms with van der Waals surface area (Å²) in [5, 5.41) is 11.7. The molecular formula is C31H34N2O6. The van der Waals surface area contributed by atoms with Gasteiger partial charge < -0.3 is 24.2 Å². The van der Waals surface area contributed by atoms with Crippen LogP contribution in [0.3, 0.4) is 0 Å². The number of ketones is 1. The molecule has 2 heterocycles. The summed E-state index contributed by atoms with van der Waals surface area (Å²) < 4.78 is 16.6. The number of ether oxygens (including phenoxy) is 3. The van der Waals surface area contributed by atoms with Crippen LogP contribution in [0.5, 0.6) is 17.2 Å². The van der Waals surface area contributed by atoms with Gasteiger partial charge in [-0.2, -0.15) is 0 Å². The van der Waals surface area contributed by atoms with Crippen molar-refractivity contribution in [3.63, 3.8) is 0 Å². The molecule has 0 radical (unpaired) electrons. The van der Waals surface area contributed by atoms with E-state index in [0.717, 1.165) is 16.7 Å². The fraction of sp³-hybridized carbons (Fsp3) is 0.323. The van der Waals surface area contributed by atoms with Gasteiger partial charge in [0.1, 0.15) is 5.76 Å². The van der Waals surface area contributed by atoms with Crippen molar-refractivity contribution >= 4 is 17.4 Å². The second-order valence-electron chi connectivity index (χ2n) is 10.5. The van der Waals surface area contributed by atoms with Gasteiger partial charge in [-0.3, -0.25) is 14.6 Å². The molecule has 1 unspecified atom stereocenters. The van der Waals surface area contributed by atoms with Gasteiger partial charge >= 0.3 is 0 Å². The minimum Gasteiger partial charge on any atom is -0.507 e. The van der Waals surface area contributed by atoms with Gasteiger partial charge in [0, 0.05) is 24.5 Å². The van der Waals surface area contributed by atoms with Crippen LogP contribution in [0.2, 0.25) is 0 Å². The van der Waals surface area contributed by atoms with Gasteiger partial charge in [-0.1, -0.05) is 32.9 Å². The number of nitrogens with zero attached hydrogens (tertiary/aromatic N) is 2. The number of pyridine rings is 1. The number of aliphatic hydroxyl groups is 1. The predicted molar refractivity (Wildman–Crippen MR) is 148 cm³/mol. The summed E-state index contributed by atoms with van der Waals surface area (Å²) in [7, 11) is 4.49. The molecule has 0 saturated carbocycles. The van der Waals surface area contributed by atoms with Gasteiger partial charge in [0.15, 0.2) is 11.5 Å². The lowest BCUT2D eigenvalue weighted by Crippen LogP contribution is -2.29. The molecule has 0 bridgehead atoms. The Balaban J connectivity index is 1.99. The average molecular weight is 531 g/mol. The predicted octanol–water partition coefficient (Wildman–Crippen LogP) is 5.34. The van der Waals surface area contributed by atoms with Gasteiger partial charge in [-0.25, -0.2) is 0 Å². The molecular weight excluding hydrogens is 496 g/mol. The van der Waals surface area contributed by atoms with Crippen molar-refractivity contribution in [2.24, 2.45) is 0 Å². The number of aromatic nitrogens is 1. The number of rotatable bonds is 7. The van der Waals surface area contributed by atoms with Crippen molar-refractivity contribution in [1.82, 2.24) is 9.88 Å². The summed E-state index contributed by atoms with van der Waals surface area (Å²) >= 11 is 0. The van der Waals surface area contributed by atoms with Crippen LogP contribution in [-0.2, 0) is 21.5 Å². The summed E-state index contributed by atoms with van der Waals surface area (Å²) in [4.78, 5) is 32.6. The van der Waals surface area contributed by atoms with E-state index in [9.17, 15) is 14.7 Å². The molecule has 8 heteroatoms. The number of methoxy groups -OCH3 is 3. The van der Waals surface area contributed by atoms with E-state index in [-0.39, 0.29) is 23.3 Å². The Morgan fingerprint density at radius 1 is 0.949 bits per heavy atom. The number of carbonyl (C=O) groups is 2. The van der Waals surface area contributed by atoms with E-state index < -0.39 is 17.7 Å². The molecule has 1 fully saturated rings. The Hall–Kier alpha value is -4.33. The number of Topliss-reactive ketones (excluding diaryl/α,β-unsaturated/α-hetero) is 1. The molecule has 1 aliphatic rings. The third kappa shape index (κ3) is 5.19. The van der Waals surface area contributed by atoms with Gasteiger partial charge in [-0.05, 0) is 64.9 Å². The number of aliphatic hydroxyl groups excluding tert-OH is 1. The van der Waals surface area contributed by atoms with Crippen LogP contribution >= 0.6 is 0 Å². The lowest BCUT2D eigenvalue weighted by Gasteiger charge is -2.27. The van der Waals surface area contributed by atoms with E-state index in [1.807, 2.05) is 25.1 Å². The minimum absolute atomic E-state index is 0.00233. The number of likely N-dealkylation sites (tertiary alicyclic amines) is 1. The third-order valence-electron chi connectivity index (χ3n) is 7.00. The summed E-state index contributed by atoms with van der Waals surface area (Å²) in [5.41, 5.74) is 3.40. The Bertz CT molecular complexity index is 1410. The second kappa shape index (κ2) is 10.8. The maximum Gasteiger partial charge on any atom is 0.295 e. The molecule has 1 saturated heterocycles. The highest BCUT2D eigenvalue weighted by atomic mass is 16.5. The zero-order chi connectivity index (χ0) is 28.5. The normalized spacial score (nSPS) is 16.9. The summed E-state index contributed by atoms with van der Waals surface area (Å²) in [6, 6.07) is 11.8. The minimum atomic E-state index is -0.912. The highest BCUT2D eigenvalue weighted by Gasteiger charge is 2.46. The smallest absolute Gasteiger partial charge is 0.295 e.